The van der Waals surface area contributed by atoms with Gasteiger partial charge in [0, 0.05) is 45.0 Å². The smallest absolute Gasteiger partial charge is 0.320 e. The number of benzene rings is 1. The highest BCUT2D eigenvalue weighted by Crippen LogP contribution is 2.16. The first-order valence-corrected chi connectivity index (χ1v) is 8.45. The average molecular weight is 303 g/mol. The summed E-state index contributed by atoms with van der Waals surface area (Å²) in [5.74, 6) is 0.515. The summed E-state index contributed by atoms with van der Waals surface area (Å²) in [7, 11) is 0. The number of para-hydroxylation sites is 1. The summed E-state index contributed by atoms with van der Waals surface area (Å²) in [6.45, 7) is 11.6. The van der Waals surface area contributed by atoms with Crippen LogP contribution in [-0.2, 0) is 0 Å². The van der Waals surface area contributed by atoms with E-state index >= 15 is 0 Å². The van der Waals surface area contributed by atoms with Crippen molar-refractivity contribution in [2.45, 2.75) is 27.2 Å². The van der Waals surface area contributed by atoms with E-state index in [-0.39, 0.29) is 6.03 Å². The van der Waals surface area contributed by atoms with Crippen molar-refractivity contribution in [2.75, 3.05) is 44.2 Å². The SMILES string of the molecule is CCCN(CC(C)C)C(=O)N1CCN(c2ccccc2)CC1. The van der Waals surface area contributed by atoms with Gasteiger partial charge < -0.3 is 14.7 Å². The van der Waals surface area contributed by atoms with Gasteiger partial charge in [0.25, 0.3) is 0 Å². The number of piperazine rings is 1. The van der Waals surface area contributed by atoms with E-state index in [1.54, 1.807) is 0 Å². The molecule has 1 aromatic rings. The number of carbonyl (C=O) groups excluding carboxylic acids is 1. The first-order chi connectivity index (χ1) is 10.6. The molecule has 0 atom stereocenters. The number of rotatable bonds is 5. The molecule has 4 heteroatoms. The molecule has 1 fully saturated rings. The largest absolute Gasteiger partial charge is 0.368 e. The Balaban J connectivity index is 1.90. The molecule has 2 rings (SSSR count). The number of anilines is 1. The van der Waals surface area contributed by atoms with Gasteiger partial charge in [0.1, 0.15) is 0 Å². The van der Waals surface area contributed by atoms with E-state index in [0.29, 0.717) is 5.92 Å². The zero-order valence-electron chi connectivity index (χ0n) is 14.2. The van der Waals surface area contributed by atoms with E-state index in [4.69, 9.17) is 0 Å². The molecule has 0 radical (unpaired) electrons. The molecule has 1 aromatic carbocycles. The number of amides is 2. The molecule has 1 aliphatic rings. The van der Waals surface area contributed by atoms with Crippen molar-refractivity contribution in [1.82, 2.24) is 9.80 Å². The monoisotopic (exact) mass is 303 g/mol. The van der Waals surface area contributed by atoms with Gasteiger partial charge in [0.15, 0.2) is 0 Å². The lowest BCUT2D eigenvalue weighted by atomic mass is 10.2. The van der Waals surface area contributed by atoms with Gasteiger partial charge in [0.05, 0.1) is 0 Å². The topological polar surface area (TPSA) is 26.8 Å². The van der Waals surface area contributed by atoms with Gasteiger partial charge in [0.2, 0.25) is 0 Å². The van der Waals surface area contributed by atoms with Gasteiger partial charge in [-0.15, -0.1) is 0 Å². The maximum Gasteiger partial charge on any atom is 0.320 e. The minimum Gasteiger partial charge on any atom is -0.368 e. The molecule has 122 valence electrons. The van der Waals surface area contributed by atoms with Crippen LogP contribution in [0.25, 0.3) is 0 Å². The molecular formula is C18H29N3O. The Hall–Kier alpha value is -1.71. The normalized spacial score (nSPS) is 15.3. The van der Waals surface area contributed by atoms with Crippen molar-refractivity contribution in [3.05, 3.63) is 30.3 Å². The molecule has 0 aliphatic carbocycles. The van der Waals surface area contributed by atoms with E-state index in [0.717, 1.165) is 45.7 Å². The fraction of sp³-hybridized carbons (Fsp3) is 0.611. The maximum absolute atomic E-state index is 12.7. The second-order valence-electron chi connectivity index (χ2n) is 6.43. The molecule has 1 heterocycles. The van der Waals surface area contributed by atoms with Crippen LogP contribution >= 0.6 is 0 Å². The van der Waals surface area contributed by atoms with Gasteiger partial charge in [-0.3, -0.25) is 0 Å². The van der Waals surface area contributed by atoms with E-state index in [1.807, 2.05) is 15.9 Å². The molecule has 2 amide bonds. The molecule has 22 heavy (non-hydrogen) atoms. The lowest BCUT2D eigenvalue weighted by Crippen LogP contribution is -2.53. The molecule has 1 aliphatic heterocycles. The maximum atomic E-state index is 12.7. The minimum absolute atomic E-state index is 0.211. The highest BCUT2D eigenvalue weighted by Gasteiger charge is 2.25. The Morgan fingerprint density at radius 1 is 1.14 bits per heavy atom. The summed E-state index contributed by atoms with van der Waals surface area (Å²) in [6, 6.07) is 10.7. The zero-order chi connectivity index (χ0) is 15.9. The van der Waals surface area contributed by atoms with E-state index in [2.05, 4.69) is 49.9 Å². The summed E-state index contributed by atoms with van der Waals surface area (Å²) in [5.41, 5.74) is 1.25. The third-order valence-corrected chi connectivity index (χ3v) is 4.02. The second kappa shape index (κ2) is 8.06. The van der Waals surface area contributed by atoms with Crippen molar-refractivity contribution in [3.8, 4) is 0 Å². The van der Waals surface area contributed by atoms with Crippen molar-refractivity contribution in [1.29, 1.82) is 0 Å². The molecule has 0 spiro atoms. The summed E-state index contributed by atoms with van der Waals surface area (Å²) in [5, 5.41) is 0. The Bertz CT molecular complexity index is 453. The summed E-state index contributed by atoms with van der Waals surface area (Å²) in [6.07, 6.45) is 1.02. The van der Waals surface area contributed by atoms with Crippen molar-refractivity contribution in [3.63, 3.8) is 0 Å². The predicted octanol–water partition coefficient (Wildman–Crippen LogP) is 3.30. The lowest BCUT2D eigenvalue weighted by molar-refractivity contribution is 0.144. The molecule has 0 N–H and O–H groups in total. The Labute approximate surface area is 134 Å². The molecule has 0 aromatic heterocycles. The molecule has 0 saturated carbocycles. The van der Waals surface area contributed by atoms with Crippen LogP contribution < -0.4 is 4.90 Å². The van der Waals surface area contributed by atoms with Crippen LogP contribution in [0.4, 0.5) is 10.5 Å². The van der Waals surface area contributed by atoms with Crippen molar-refractivity contribution < 1.29 is 4.79 Å². The fourth-order valence-corrected chi connectivity index (χ4v) is 2.97. The molecule has 0 unspecified atom stereocenters. The van der Waals surface area contributed by atoms with E-state index < -0.39 is 0 Å². The van der Waals surface area contributed by atoms with Crippen LogP contribution in [0, 0.1) is 5.92 Å². The zero-order valence-corrected chi connectivity index (χ0v) is 14.2. The number of nitrogens with zero attached hydrogens (tertiary/aromatic N) is 3. The summed E-state index contributed by atoms with van der Waals surface area (Å²) < 4.78 is 0. The van der Waals surface area contributed by atoms with Crippen molar-refractivity contribution >= 4 is 11.7 Å². The van der Waals surface area contributed by atoms with Crippen molar-refractivity contribution in [2.24, 2.45) is 5.92 Å². The molecule has 0 bridgehead atoms. The van der Waals surface area contributed by atoms with Crippen LogP contribution in [0.3, 0.4) is 0 Å². The van der Waals surface area contributed by atoms with Gasteiger partial charge in [-0.25, -0.2) is 4.79 Å². The summed E-state index contributed by atoms with van der Waals surface area (Å²) >= 11 is 0. The second-order valence-corrected chi connectivity index (χ2v) is 6.43. The molecule has 1 saturated heterocycles. The minimum atomic E-state index is 0.211. The van der Waals surface area contributed by atoms with Crippen LogP contribution in [0.2, 0.25) is 0 Å². The number of hydrogen-bond acceptors (Lipinski definition) is 2. The Kier molecular flexibility index (Phi) is 6.10. The van der Waals surface area contributed by atoms with Gasteiger partial charge in [-0.1, -0.05) is 39.0 Å². The molecule has 4 nitrogen and oxygen atoms in total. The standard InChI is InChI=1S/C18H29N3O/c1-4-10-21(15-16(2)3)18(22)20-13-11-19(12-14-20)17-8-6-5-7-9-17/h5-9,16H,4,10-15H2,1-3H3. The number of urea groups is 1. The van der Waals surface area contributed by atoms with Crippen LogP contribution in [0.15, 0.2) is 30.3 Å². The average Bonchev–Trinajstić information content (AvgIpc) is 2.54. The van der Waals surface area contributed by atoms with Crippen LogP contribution in [0.5, 0.6) is 0 Å². The Morgan fingerprint density at radius 2 is 1.77 bits per heavy atom. The van der Waals surface area contributed by atoms with Gasteiger partial charge >= 0.3 is 6.03 Å². The summed E-state index contributed by atoms with van der Waals surface area (Å²) in [4.78, 5) is 19.1. The predicted molar refractivity (Wildman–Crippen MR) is 92.3 cm³/mol. The van der Waals surface area contributed by atoms with Gasteiger partial charge in [-0.05, 0) is 24.5 Å². The first kappa shape index (κ1) is 16.7. The highest BCUT2D eigenvalue weighted by atomic mass is 16.2. The van der Waals surface area contributed by atoms with E-state index in [9.17, 15) is 4.79 Å². The molecular weight excluding hydrogens is 274 g/mol. The third-order valence-electron chi connectivity index (χ3n) is 4.02. The van der Waals surface area contributed by atoms with Gasteiger partial charge in [-0.2, -0.15) is 0 Å². The quantitative estimate of drug-likeness (QED) is 0.834. The third kappa shape index (κ3) is 4.39. The lowest BCUT2D eigenvalue weighted by Gasteiger charge is -2.39. The number of carbonyl (C=O) groups is 1. The Morgan fingerprint density at radius 3 is 2.32 bits per heavy atom. The van der Waals surface area contributed by atoms with Crippen LogP contribution in [-0.4, -0.2) is 55.1 Å². The van der Waals surface area contributed by atoms with Crippen LogP contribution in [0.1, 0.15) is 27.2 Å². The number of hydrogen-bond donors (Lipinski definition) is 0. The van der Waals surface area contributed by atoms with E-state index in [1.165, 1.54) is 5.69 Å². The fourth-order valence-electron chi connectivity index (χ4n) is 2.97. The first-order valence-electron chi connectivity index (χ1n) is 8.45. The highest BCUT2D eigenvalue weighted by molar-refractivity contribution is 5.75.